The minimum absolute atomic E-state index is 0.718. The predicted molar refractivity (Wildman–Crippen MR) is 129 cm³/mol. The zero-order valence-corrected chi connectivity index (χ0v) is 18.4. The molecule has 152 valence electrons. The van der Waals surface area contributed by atoms with Crippen LogP contribution < -0.4 is 10.4 Å². The Morgan fingerprint density at radius 1 is 0.935 bits per heavy atom. The summed E-state index contributed by atoms with van der Waals surface area (Å²) in [7, 11) is 0. The molecule has 0 spiro atoms. The summed E-state index contributed by atoms with van der Waals surface area (Å²) in [6, 6.07) is 26.1. The molecule has 0 radical (unpaired) electrons. The first-order chi connectivity index (χ1) is 15.2. The van der Waals surface area contributed by atoms with Crippen molar-refractivity contribution in [2.75, 3.05) is 5.01 Å². The number of fused-ring (bicyclic) bond motifs is 3. The van der Waals surface area contributed by atoms with E-state index in [1.165, 1.54) is 0 Å². The maximum atomic E-state index is 4.82. The van der Waals surface area contributed by atoms with E-state index in [9.17, 15) is 0 Å². The van der Waals surface area contributed by atoms with Crippen LogP contribution in [0.25, 0.3) is 0 Å². The summed E-state index contributed by atoms with van der Waals surface area (Å²) in [6.45, 7) is 1.98. The number of benzene rings is 3. The Labute approximate surface area is 189 Å². The number of hydrazone groups is 1. The molecule has 0 amide bonds. The molecule has 2 heterocycles. The van der Waals surface area contributed by atoms with E-state index in [0.717, 1.165) is 44.5 Å². The van der Waals surface area contributed by atoms with Gasteiger partial charge in [-0.1, -0.05) is 64.5 Å². The summed E-state index contributed by atoms with van der Waals surface area (Å²) in [5.41, 5.74) is 6.99. The van der Waals surface area contributed by atoms with Crippen LogP contribution in [0.15, 0.2) is 110 Å². The van der Waals surface area contributed by atoms with Gasteiger partial charge < -0.3 is 0 Å². The summed E-state index contributed by atoms with van der Waals surface area (Å²) >= 11 is 3.57. The average molecular weight is 471 g/mol. The van der Waals surface area contributed by atoms with Gasteiger partial charge in [0.15, 0.2) is 11.7 Å². The molecule has 0 saturated carbocycles. The first-order valence-corrected chi connectivity index (χ1v) is 10.6. The zero-order valence-electron chi connectivity index (χ0n) is 16.8. The van der Waals surface area contributed by atoms with Crippen LogP contribution in [-0.4, -0.2) is 22.9 Å². The molecular weight excluding hydrogens is 452 g/mol. The lowest BCUT2D eigenvalue weighted by molar-refractivity contribution is 0.546. The van der Waals surface area contributed by atoms with Gasteiger partial charge in [0.25, 0.3) is 0 Å². The number of nitrogens with one attached hydrogen (secondary N) is 1. The number of hydrazine groups is 1. The lowest BCUT2D eigenvalue weighted by Gasteiger charge is -2.42. The van der Waals surface area contributed by atoms with Gasteiger partial charge in [-0.15, -0.1) is 0 Å². The molecular formula is C24H19BrN6. The molecule has 0 bridgehead atoms. The summed E-state index contributed by atoms with van der Waals surface area (Å²) in [6.07, 6.45) is 3.58. The number of para-hydroxylation sites is 1. The highest BCUT2D eigenvalue weighted by Crippen LogP contribution is 2.34. The molecule has 2 aliphatic rings. The Bertz CT molecular complexity index is 1230. The molecule has 0 unspecified atom stereocenters. The lowest BCUT2D eigenvalue weighted by Crippen LogP contribution is -2.54. The van der Waals surface area contributed by atoms with E-state index in [4.69, 9.17) is 9.98 Å². The fourth-order valence-electron chi connectivity index (χ4n) is 3.53. The Kier molecular flexibility index (Phi) is 5.09. The largest absolute Gasteiger partial charge is 0.260 e. The van der Waals surface area contributed by atoms with Crippen LogP contribution >= 0.6 is 15.9 Å². The Morgan fingerprint density at radius 3 is 2.45 bits per heavy atom. The number of anilines is 1. The number of halogens is 1. The molecule has 6 nitrogen and oxygen atoms in total. The molecule has 5 rings (SSSR count). The minimum Gasteiger partial charge on any atom is -0.260 e. The van der Waals surface area contributed by atoms with E-state index < -0.39 is 0 Å². The van der Waals surface area contributed by atoms with Crippen LogP contribution in [0.4, 0.5) is 11.4 Å². The van der Waals surface area contributed by atoms with E-state index in [0.29, 0.717) is 0 Å². The molecule has 31 heavy (non-hydrogen) atoms. The number of rotatable bonds is 4. The fraction of sp³-hybridized carbons (Fsp3) is 0.0417. The SMILES string of the molecule is CC1=Nc2ccc(Br)cc2C2=NC=C(N/N=C/c3ccccc3)N(c3ccccc3)N12. The van der Waals surface area contributed by atoms with E-state index in [1.54, 1.807) is 12.4 Å². The number of hydrogen-bond donors (Lipinski definition) is 1. The van der Waals surface area contributed by atoms with E-state index in [-0.39, 0.29) is 0 Å². The Morgan fingerprint density at radius 2 is 1.68 bits per heavy atom. The summed E-state index contributed by atoms with van der Waals surface area (Å²) < 4.78 is 0.982. The topological polar surface area (TPSA) is 55.6 Å². The summed E-state index contributed by atoms with van der Waals surface area (Å²) in [5.74, 6) is 2.34. The highest BCUT2D eigenvalue weighted by Gasteiger charge is 2.34. The fourth-order valence-corrected chi connectivity index (χ4v) is 3.90. The smallest absolute Gasteiger partial charge is 0.165 e. The maximum Gasteiger partial charge on any atom is 0.165 e. The van der Waals surface area contributed by atoms with Crippen LogP contribution in [0.5, 0.6) is 0 Å². The van der Waals surface area contributed by atoms with Gasteiger partial charge in [0, 0.05) is 10.0 Å². The standard InChI is InChI=1S/C24H19BrN6/c1-17-28-22-13-12-19(25)14-21(22)24-26-16-23(29-27-15-18-8-4-2-5-9-18)31(30(17)24)20-10-6-3-7-11-20/h2-16,29H,1H3/b27-15+. The third-order valence-electron chi connectivity index (χ3n) is 4.92. The van der Waals surface area contributed by atoms with Crippen molar-refractivity contribution in [3.05, 3.63) is 106 Å². The first kappa shape index (κ1) is 19.3. The third kappa shape index (κ3) is 3.75. The van der Waals surface area contributed by atoms with E-state index in [1.807, 2.05) is 95.8 Å². The highest BCUT2D eigenvalue weighted by atomic mass is 79.9. The van der Waals surface area contributed by atoms with Gasteiger partial charge in [-0.05, 0) is 42.8 Å². The molecule has 0 aromatic heterocycles. The van der Waals surface area contributed by atoms with Crippen LogP contribution in [-0.2, 0) is 0 Å². The highest BCUT2D eigenvalue weighted by molar-refractivity contribution is 9.10. The van der Waals surface area contributed by atoms with Crippen molar-refractivity contribution in [2.24, 2.45) is 15.1 Å². The average Bonchev–Trinajstić information content (AvgIpc) is 2.81. The summed E-state index contributed by atoms with van der Waals surface area (Å²) in [5, 5.41) is 8.47. The van der Waals surface area contributed by atoms with Crippen molar-refractivity contribution in [1.29, 1.82) is 0 Å². The maximum absolute atomic E-state index is 4.82. The summed E-state index contributed by atoms with van der Waals surface area (Å²) in [4.78, 5) is 9.58. The zero-order chi connectivity index (χ0) is 21.2. The van der Waals surface area contributed by atoms with Crippen LogP contribution in [0.2, 0.25) is 0 Å². The van der Waals surface area contributed by atoms with Gasteiger partial charge in [0.1, 0.15) is 5.84 Å². The third-order valence-corrected chi connectivity index (χ3v) is 5.41. The van der Waals surface area contributed by atoms with Crippen molar-refractivity contribution in [3.8, 4) is 0 Å². The van der Waals surface area contributed by atoms with Crippen LogP contribution in [0.1, 0.15) is 18.1 Å². The number of aliphatic imine (C=N–C) groups is 2. The van der Waals surface area contributed by atoms with Crippen molar-refractivity contribution >= 4 is 45.2 Å². The number of nitrogens with zero attached hydrogens (tertiary/aromatic N) is 5. The van der Waals surface area contributed by atoms with Crippen molar-refractivity contribution < 1.29 is 0 Å². The normalized spacial score (nSPS) is 15.1. The molecule has 3 aromatic rings. The molecule has 0 fully saturated rings. The monoisotopic (exact) mass is 470 g/mol. The lowest BCUT2D eigenvalue weighted by atomic mass is 10.1. The number of hydrogen-bond acceptors (Lipinski definition) is 6. The first-order valence-electron chi connectivity index (χ1n) is 9.83. The van der Waals surface area contributed by atoms with Crippen LogP contribution in [0.3, 0.4) is 0 Å². The quantitative estimate of drug-likeness (QED) is 0.409. The Balaban J connectivity index is 1.57. The van der Waals surface area contributed by atoms with Gasteiger partial charge in [0.2, 0.25) is 0 Å². The van der Waals surface area contributed by atoms with Gasteiger partial charge in [-0.25, -0.2) is 20.0 Å². The van der Waals surface area contributed by atoms with Gasteiger partial charge >= 0.3 is 0 Å². The van der Waals surface area contributed by atoms with Crippen LogP contribution in [0, 0.1) is 0 Å². The molecule has 3 aromatic carbocycles. The second-order valence-corrected chi connectivity index (χ2v) is 7.94. The van der Waals surface area contributed by atoms with E-state index >= 15 is 0 Å². The van der Waals surface area contributed by atoms with Gasteiger partial charge in [-0.3, -0.25) is 5.43 Å². The number of amidine groups is 2. The van der Waals surface area contributed by atoms with Crippen molar-refractivity contribution in [3.63, 3.8) is 0 Å². The molecule has 0 saturated heterocycles. The second kappa shape index (κ2) is 8.20. The van der Waals surface area contributed by atoms with Gasteiger partial charge in [-0.2, -0.15) is 5.10 Å². The molecule has 1 N–H and O–H groups in total. The van der Waals surface area contributed by atoms with Gasteiger partial charge in [0.05, 0.1) is 23.8 Å². The van der Waals surface area contributed by atoms with E-state index in [2.05, 4.69) is 26.5 Å². The minimum atomic E-state index is 0.718. The van der Waals surface area contributed by atoms with Crippen molar-refractivity contribution in [2.45, 2.75) is 6.92 Å². The predicted octanol–water partition coefficient (Wildman–Crippen LogP) is 5.42. The molecule has 7 heteroatoms. The Hall–Kier alpha value is -3.71. The van der Waals surface area contributed by atoms with Crippen molar-refractivity contribution in [1.82, 2.24) is 10.4 Å². The second-order valence-electron chi connectivity index (χ2n) is 7.03. The molecule has 2 aliphatic heterocycles. The molecule has 0 aliphatic carbocycles. The molecule has 0 atom stereocenters.